The Bertz CT molecular complexity index is 726. The molecule has 2 aromatic carbocycles. The summed E-state index contributed by atoms with van der Waals surface area (Å²) in [6.07, 6.45) is 0. The van der Waals surface area contributed by atoms with Crippen LogP contribution in [0.3, 0.4) is 0 Å². The van der Waals surface area contributed by atoms with E-state index in [0.29, 0.717) is 5.69 Å². The van der Waals surface area contributed by atoms with Gasteiger partial charge in [0.25, 0.3) is 0 Å². The molecule has 0 spiro atoms. The molecule has 0 heterocycles. The second kappa shape index (κ2) is 5.53. The number of hydrogen-bond acceptors (Lipinski definition) is 3. The Hall–Kier alpha value is -1.81. The molecule has 0 amide bonds. The number of rotatable bonds is 3. The molecule has 0 bridgehead atoms. The van der Waals surface area contributed by atoms with E-state index in [1.54, 1.807) is 24.3 Å². The van der Waals surface area contributed by atoms with E-state index in [1.807, 2.05) is 24.3 Å². The van der Waals surface area contributed by atoms with Gasteiger partial charge in [-0.05, 0) is 28.7 Å². The Morgan fingerprint density at radius 3 is 2.05 bits per heavy atom. The maximum Gasteiger partial charge on any atom is 0.184 e. The first-order valence-corrected chi connectivity index (χ1v) is 8.52. The Kier molecular flexibility index (Phi) is 4.10. The average Bonchev–Trinajstić information content (AvgIpc) is 2.38. The van der Waals surface area contributed by atoms with E-state index in [-0.39, 0.29) is 16.1 Å². The van der Waals surface area contributed by atoms with Gasteiger partial charge in [-0.25, -0.2) is 8.42 Å². The lowest BCUT2D eigenvalue weighted by Gasteiger charge is -2.19. The van der Waals surface area contributed by atoms with E-state index in [1.165, 1.54) is 5.56 Å². The fraction of sp³-hybridized carbons (Fsp3) is 0.294. The zero-order valence-electron chi connectivity index (χ0n) is 12.6. The number of hydrogen-bond donors (Lipinski definition) is 1. The smallest absolute Gasteiger partial charge is 0.184 e. The van der Waals surface area contributed by atoms with Crippen molar-refractivity contribution in [2.75, 3.05) is 5.73 Å². The molecule has 0 saturated carbocycles. The van der Waals surface area contributed by atoms with Crippen LogP contribution in [0.2, 0.25) is 0 Å². The predicted molar refractivity (Wildman–Crippen MR) is 86.9 cm³/mol. The number of nitrogens with two attached hydrogens (primary N) is 1. The fourth-order valence-corrected chi connectivity index (χ4v) is 3.66. The molecule has 0 atom stereocenters. The third kappa shape index (κ3) is 3.64. The zero-order valence-corrected chi connectivity index (χ0v) is 13.4. The van der Waals surface area contributed by atoms with Gasteiger partial charge in [-0.15, -0.1) is 0 Å². The van der Waals surface area contributed by atoms with Crippen LogP contribution >= 0.6 is 0 Å². The molecule has 0 aliphatic rings. The van der Waals surface area contributed by atoms with Crippen molar-refractivity contribution in [1.29, 1.82) is 0 Å². The van der Waals surface area contributed by atoms with Gasteiger partial charge in [-0.1, -0.05) is 57.2 Å². The largest absolute Gasteiger partial charge is 0.398 e. The van der Waals surface area contributed by atoms with Crippen LogP contribution in [0.1, 0.15) is 31.9 Å². The molecule has 0 aromatic heterocycles. The maximum atomic E-state index is 12.4. The first-order valence-electron chi connectivity index (χ1n) is 6.87. The summed E-state index contributed by atoms with van der Waals surface area (Å²) in [5, 5.41) is 0. The van der Waals surface area contributed by atoms with E-state index in [2.05, 4.69) is 20.8 Å². The summed E-state index contributed by atoms with van der Waals surface area (Å²) in [5.74, 6) is -0.0361. The van der Waals surface area contributed by atoms with Gasteiger partial charge >= 0.3 is 0 Å². The Labute approximate surface area is 126 Å². The molecule has 2 N–H and O–H groups in total. The highest BCUT2D eigenvalue weighted by molar-refractivity contribution is 7.90. The van der Waals surface area contributed by atoms with Crippen molar-refractivity contribution in [3.05, 3.63) is 59.7 Å². The molecule has 112 valence electrons. The highest BCUT2D eigenvalue weighted by Gasteiger charge is 2.19. The van der Waals surface area contributed by atoms with Gasteiger partial charge in [0.2, 0.25) is 0 Å². The summed E-state index contributed by atoms with van der Waals surface area (Å²) in [6, 6.07) is 14.3. The van der Waals surface area contributed by atoms with Crippen molar-refractivity contribution < 1.29 is 8.42 Å². The Morgan fingerprint density at radius 1 is 0.952 bits per heavy atom. The number of para-hydroxylation sites is 1. The lowest BCUT2D eigenvalue weighted by Crippen LogP contribution is -2.11. The van der Waals surface area contributed by atoms with Gasteiger partial charge < -0.3 is 5.73 Å². The van der Waals surface area contributed by atoms with Crippen molar-refractivity contribution in [2.24, 2.45) is 0 Å². The lowest BCUT2D eigenvalue weighted by molar-refractivity contribution is 0.589. The Morgan fingerprint density at radius 2 is 1.52 bits per heavy atom. The normalized spacial score (nSPS) is 12.3. The average molecular weight is 303 g/mol. The van der Waals surface area contributed by atoms with Gasteiger partial charge in [-0.3, -0.25) is 0 Å². The first kappa shape index (κ1) is 15.6. The SMILES string of the molecule is CC(C)(C)c1ccc(CS(=O)(=O)c2ccccc2N)cc1. The first-order chi connectivity index (χ1) is 9.70. The van der Waals surface area contributed by atoms with Crippen molar-refractivity contribution in [3.8, 4) is 0 Å². The summed E-state index contributed by atoms with van der Waals surface area (Å²) in [7, 11) is -3.42. The number of nitrogen functional groups attached to an aromatic ring is 1. The summed E-state index contributed by atoms with van der Waals surface area (Å²) in [5.41, 5.74) is 8.07. The molecule has 0 radical (unpaired) electrons. The van der Waals surface area contributed by atoms with E-state index in [4.69, 9.17) is 5.73 Å². The third-order valence-electron chi connectivity index (χ3n) is 3.43. The molecule has 2 aromatic rings. The van der Waals surface area contributed by atoms with E-state index in [9.17, 15) is 8.42 Å². The summed E-state index contributed by atoms with van der Waals surface area (Å²) >= 11 is 0. The summed E-state index contributed by atoms with van der Waals surface area (Å²) in [6.45, 7) is 6.39. The van der Waals surface area contributed by atoms with Crippen molar-refractivity contribution in [1.82, 2.24) is 0 Å². The quantitative estimate of drug-likeness (QED) is 0.882. The fourth-order valence-electron chi connectivity index (χ4n) is 2.16. The second-order valence-corrected chi connectivity index (χ2v) is 8.20. The number of benzene rings is 2. The van der Waals surface area contributed by atoms with Gasteiger partial charge in [0, 0.05) is 0 Å². The number of sulfone groups is 1. The molecule has 0 aliphatic carbocycles. The third-order valence-corrected chi connectivity index (χ3v) is 5.19. The lowest BCUT2D eigenvalue weighted by atomic mass is 9.87. The molecular weight excluding hydrogens is 282 g/mol. The van der Waals surface area contributed by atoms with Crippen LogP contribution in [-0.4, -0.2) is 8.42 Å². The van der Waals surface area contributed by atoms with Crippen LogP contribution < -0.4 is 5.73 Å². The molecule has 0 saturated heterocycles. The molecule has 4 heteroatoms. The summed E-state index contributed by atoms with van der Waals surface area (Å²) in [4.78, 5) is 0.199. The van der Waals surface area contributed by atoms with Crippen LogP contribution in [0.5, 0.6) is 0 Å². The molecule has 21 heavy (non-hydrogen) atoms. The topological polar surface area (TPSA) is 60.2 Å². The minimum atomic E-state index is -3.42. The van der Waals surface area contributed by atoms with Crippen molar-refractivity contribution >= 4 is 15.5 Å². The van der Waals surface area contributed by atoms with Crippen LogP contribution in [0, 0.1) is 0 Å². The van der Waals surface area contributed by atoms with Crippen molar-refractivity contribution in [3.63, 3.8) is 0 Å². The van der Waals surface area contributed by atoms with Gasteiger partial charge in [0.15, 0.2) is 9.84 Å². The Balaban J connectivity index is 2.28. The highest BCUT2D eigenvalue weighted by atomic mass is 32.2. The molecular formula is C17H21NO2S. The maximum absolute atomic E-state index is 12.4. The predicted octanol–water partition coefficient (Wildman–Crippen LogP) is 3.54. The van der Waals surface area contributed by atoms with Gasteiger partial charge in [0.1, 0.15) is 0 Å². The molecule has 0 unspecified atom stereocenters. The highest BCUT2D eigenvalue weighted by Crippen LogP contribution is 2.25. The van der Waals surface area contributed by atoms with Crippen LogP contribution in [0.15, 0.2) is 53.4 Å². The van der Waals surface area contributed by atoms with E-state index < -0.39 is 9.84 Å². The minimum Gasteiger partial charge on any atom is -0.398 e. The molecule has 0 aliphatic heterocycles. The molecule has 2 rings (SSSR count). The zero-order chi connectivity index (χ0) is 15.7. The number of anilines is 1. The van der Waals surface area contributed by atoms with Gasteiger partial charge in [0.05, 0.1) is 16.3 Å². The minimum absolute atomic E-state index is 0.0361. The molecule has 3 nitrogen and oxygen atoms in total. The van der Waals surface area contributed by atoms with E-state index in [0.717, 1.165) is 5.56 Å². The van der Waals surface area contributed by atoms with Crippen LogP contribution in [0.25, 0.3) is 0 Å². The van der Waals surface area contributed by atoms with E-state index >= 15 is 0 Å². The second-order valence-electron chi connectivity index (χ2n) is 6.24. The van der Waals surface area contributed by atoms with Gasteiger partial charge in [-0.2, -0.15) is 0 Å². The van der Waals surface area contributed by atoms with Crippen LogP contribution in [-0.2, 0) is 21.0 Å². The summed E-state index contributed by atoms with van der Waals surface area (Å²) < 4.78 is 24.8. The van der Waals surface area contributed by atoms with Crippen LogP contribution in [0.4, 0.5) is 5.69 Å². The monoisotopic (exact) mass is 303 g/mol. The molecule has 0 fully saturated rings. The van der Waals surface area contributed by atoms with Crippen molar-refractivity contribution in [2.45, 2.75) is 36.8 Å². The standard InChI is InChI=1S/C17H21NO2S/c1-17(2,3)14-10-8-13(9-11-14)12-21(19,20)16-7-5-4-6-15(16)18/h4-11H,12,18H2,1-3H3.